The Hall–Kier alpha value is -0.610. The maximum atomic E-state index is 10.8. The van der Waals surface area contributed by atoms with Gasteiger partial charge in [0.05, 0.1) is 12.0 Å². The molecule has 4 nitrogen and oxygen atoms in total. The summed E-state index contributed by atoms with van der Waals surface area (Å²) in [7, 11) is 0. The zero-order valence-corrected chi connectivity index (χ0v) is 9.81. The van der Waals surface area contributed by atoms with E-state index in [1.165, 1.54) is 0 Å². The lowest BCUT2D eigenvalue weighted by atomic mass is 9.91. The number of carboxylic acids is 1. The highest BCUT2D eigenvalue weighted by atomic mass is 16.4. The summed E-state index contributed by atoms with van der Waals surface area (Å²) < 4.78 is 0. The Balaban J connectivity index is 4.09. The van der Waals surface area contributed by atoms with E-state index in [1.54, 1.807) is 6.92 Å². The molecule has 0 rings (SSSR count). The fraction of sp³-hybridized carbons (Fsp3) is 0.909. The first-order valence-electron chi connectivity index (χ1n) is 5.54. The maximum absolute atomic E-state index is 10.8. The molecular weight excluding hydrogens is 194 g/mol. The van der Waals surface area contributed by atoms with Gasteiger partial charge in [-0.2, -0.15) is 0 Å². The van der Waals surface area contributed by atoms with E-state index in [0.717, 1.165) is 6.42 Å². The van der Waals surface area contributed by atoms with Gasteiger partial charge in [-0.05, 0) is 25.2 Å². The van der Waals surface area contributed by atoms with Crippen molar-refractivity contribution in [3.05, 3.63) is 0 Å². The van der Waals surface area contributed by atoms with E-state index in [0.29, 0.717) is 12.3 Å². The summed E-state index contributed by atoms with van der Waals surface area (Å²) in [6.45, 7) is 5.86. The molecule has 90 valence electrons. The van der Waals surface area contributed by atoms with Crippen LogP contribution in [0.15, 0.2) is 0 Å². The quantitative estimate of drug-likeness (QED) is 0.598. The summed E-state index contributed by atoms with van der Waals surface area (Å²) in [4.78, 5) is 10.8. The van der Waals surface area contributed by atoms with E-state index in [-0.39, 0.29) is 12.5 Å². The molecular formula is C11H23NO3. The van der Waals surface area contributed by atoms with Crippen LogP contribution in [0.2, 0.25) is 0 Å². The standard InChI is InChI=1S/C11H23NO3/c1-4-8(11(14)15)6-10(13)9(12)5-7(2)3/h7-10,13H,4-6,12H2,1-3H3,(H,14,15). The third-order valence-electron chi connectivity index (χ3n) is 2.61. The number of rotatable bonds is 7. The van der Waals surface area contributed by atoms with Crippen LogP contribution in [0.4, 0.5) is 0 Å². The van der Waals surface area contributed by atoms with Crippen molar-refractivity contribution in [2.24, 2.45) is 17.6 Å². The first-order chi connectivity index (χ1) is 6.88. The lowest BCUT2D eigenvalue weighted by Gasteiger charge is -2.22. The fourth-order valence-corrected chi connectivity index (χ4v) is 1.61. The molecule has 0 heterocycles. The number of hydrogen-bond donors (Lipinski definition) is 3. The van der Waals surface area contributed by atoms with Gasteiger partial charge in [-0.15, -0.1) is 0 Å². The molecule has 0 fully saturated rings. The molecule has 0 aliphatic rings. The average molecular weight is 217 g/mol. The van der Waals surface area contributed by atoms with Crippen molar-refractivity contribution >= 4 is 5.97 Å². The van der Waals surface area contributed by atoms with Crippen molar-refractivity contribution in [3.63, 3.8) is 0 Å². The molecule has 3 atom stereocenters. The Labute approximate surface area is 91.5 Å². The molecule has 0 aromatic heterocycles. The summed E-state index contributed by atoms with van der Waals surface area (Å²) in [5.41, 5.74) is 5.78. The lowest BCUT2D eigenvalue weighted by molar-refractivity contribution is -0.143. The highest BCUT2D eigenvalue weighted by molar-refractivity contribution is 5.69. The summed E-state index contributed by atoms with van der Waals surface area (Å²) in [6.07, 6.45) is 0.783. The van der Waals surface area contributed by atoms with Gasteiger partial charge < -0.3 is 15.9 Å². The van der Waals surface area contributed by atoms with Gasteiger partial charge in [0, 0.05) is 6.04 Å². The minimum Gasteiger partial charge on any atom is -0.481 e. The third kappa shape index (κ3) is 5.74. The van der Waals surface area contributed by atoms with Crippen molar-refractivity contribution in [2.75, 3.05) is 0 Å². The smallest absolute Gasteiger partial charge is 0.306 e. The first kappa shape index (κ1) is 14.4. The Morgan fingerprint density at radius 3 is 2.20 bits per heavy atom. The van der Waals surface area contributed by atoms with Crippen molar-refractivity contribution < 1.29 is 15.0 Å². The highest BCUT2D eigenvalue weighted by Crippen LogP contribution is 2.16. The maximum Gasteiger partial charge on any atom is 0.306 e. The number of hydrogen-bond acceptors (Lipinski definition) is 3. The Kier molecular flexibility index (Phi) is 6.52. The van der Waals surface area contributed by atoms with Crippen LogP contribution >= 0.6 is 0 Å². The van der Waals surface area contributed by atoms with Gasteiger partial charge in [0.15, 0.2) is 0 Å². The predicted molar refractivity (Wildman–Crippen MR) is 59.5 cm³/mol. The van der Waals surface area contributed by atoms with Crippen LogP contribution in [0.3, 0.4) is 0 Å². The van der Waals surface area contributed by atoms with Crippen molar-refractivity contribution in [1.82, 2.24) is 0 Å². The topological polar surface area (TPSA) is 83.5 Å². The molecule has 0 bridgehead atoms. The normalized spacial score (nSPS) is 17.5. The monoisotopic (exact) mass is 217 g/mol. The van der Waals surface area contributed by atoms with Crippen LogP contribution in [0, 0.1) is 11.8 Å². The van der Waals surface area contributed by atoms with Gasteiger partial charge in [-0.1, -0.05) is 20.8 Å². The first-order valence-corrected chi connectivity index (χ1v) is 5.54. The van der Waals surface area contributed by atoms with E-state index >= 15 is 0 Å². The largest absolute Gasteiger partial charge is 0.481 e. The molecule has 0 radical (unpaired) electrons. The zero-order valence-electron chi connectivity index (χ0n) is 9.81. The molecule has 0 spiro atoms. The van der Waals surface area contributed by atoms with Gasteiger partial charge in [0.25, 0.3) is 0 Å². The number of nitrogens with two attached hydrogens (primary N) is 1. The van der Waals surface area contributed by atoms with Crippen molar-refractivity contribution in [2.45, 2.75) is 52.2 Å². The summed E-state index contributed by atoms with van der Waals surface area (Å²) in [6, 6.07) is -0.321. The van der Waals surface area contributed by atoms with E-state index in [4.69, 9.17) is 10.8 Å². The van der Waals surface area contributed by atoms with E-state index < -0.39 is 18.0 Å². The van der Waals surface area contributed by atoms with E-state index in [2.05, 4.69) is 0 Å². The van der Waals surface area contributed by atoms with Gasteiger partial charge in [0.2, 0.25) is 0 Å². The second kappa shape index (κ2) is 6.80. The molecule has 0 aromatic carbocycles. The van der Waals surface area contributed by atoms with Gasteiger partial charge >= 0.3 is 5.97 Å². The van der Waals surface area contributed by atoms with E-state index in [1.807, 2.05) is 13.8 Å². The Morgan fingerprint density at radius 2 is 1.87 bits per heavy atom. The van der Waals surface area contributed by atoms with Crippen LogP contribution in [0.5, 0.6) is 0 Å². The molecule has 0 aromatic rings. The third-order valence-corrected chi connectivity index (χ3v) is 2.61. The fourth-order valence-electron chi connectivity index (χ4n) is 1.61. The number of aliphatic carboxylic acids is 1. The molecule has 0 saturated heterocycles. The minimum atomic E-state index is -0.853. The lowest BCUT2D eigenvalue weighted by Crippen LogP contribution is -2.38. The number of aliphatic hydroxyl groups excluding tert-OH is 1. The second-order valence-electron chi connectivity index (χ2n) is 4.54. The van der Waals surface area contributed by atoms with Crippen LogP contribution in [0.1, 0.15) is 40.0 Å². The molecule has 15 heavy (non-hydrogen) atoms. The van der Waals surface area contributed by atoms with Gasteiger partial charge in [-0.3, -0.25) is 4.79 Å². The van der Waals surface area contributed by atoms with Crippen LogP contribution < -0.4 is 5.73 Å². The van der Waals surface area contributed by atoms with Gasteiger partial charge in [-0.25, -0.2) is 0 Å². The van der Waals surface area contributed by atoms with Crippen LogP contribution in [0.25, 0.3) is 0 Å². The molecule has 0 aliphatic carbocycles. The summed E-state index contributed by atoms with van der Waals surface area (Å²) >= 11 is 0. The predicted octanol–water partition coefficient (Wildman–Crippen LogP) is 1.22. The van der Waals surface area contributed by atoms with Crippen LogP contribution in [-0.2, 0) is 4.79 Å². The van der Waals surface area contributed by atoms with Crippen molar-refractivity contribution in [3.8, 4) is 0 Å². The average Bonchev–Trinajstić information content (AvgIpc) is 2.11. The summed E-state index contributed by atoms with van der Waals surface area (Å²) in [5.74, 6) is -0.925. The number of aliphatic hydroxyl groups is 1. The molecule has 3 unspecified atom stereocenters. The number of carbonyl (C=O) groups is 1. The SMILES string of the molecule is CCC(CC(O)C(N)CC(C)C)C(=O)O. The molecule has 0 saturated carbocycles. The highest BCUT2D eigenvalue weighted by Gasteiger charge is 2.23. The van der Waals surface area contributed by atoms with Gasteiger partial charge in [0.1, 0.15) is 0 Å². The molecule has 0 aliphatic heterocycles. The summed E-state index contributed by atoms with van der Waals surface area (Å²) in [5, 5.41) is 18.6. The zero-order chi connectivity index (χ0) is 12.0. The van der Waals surface area contributed by atoms with Crippen molar-refractivity contribution in [1.29, 1.82) is 0 Å². The van der Waals surface area contributed by atoms with Crippen LogP contribution in [-0.4, -0.2) is 28.3 Å². The molecule has 4 N–H and O–H groups in total. The Bertz CT molecular complexity index is 194. The number of carboxylic acid groups (broad SMARTS) is 1. The second-order valence-corrected chi connectivity index (χ2v) is 4.54. The Morgan fingerprint density at radius 1 is 1.33 bits per heavy atom. The molecule has 0 amide bonds. The molecule has 4 heteroatoms. The minimum absolute atomic E-state index is 0.250. The van der Waals surface area contributed by atoms with E-state index in [9.17, 15) is 9.90 Å².